The molecule has 33 heavy (non-hydrogen) atoms. The van der Waals surface area contributed by atoms with Crippen LogP contribution in [0.3, 0.4) is 0 Å². The number of carbonyl (C=O) groups excluding carboxylic acids is 1. The van der Waals surface area contributed by atoms with Crippen molar-refractivity contribution in [3.8, 4) is 12.1 Å². The topological polar surface area (TPSA) is 69.1 Å². The largest absolute Gasteiger partial charge is 0.291 e. The lowest BCUT2D eigenvalue weighted by Crippen LogP contribution is -3.11. The van der Waals surface area contributed by atoms with Gasteiger partial charge in [-0.2, -0.15) is 10.5 Å². The van der Waals surface area contributed by atoms with Crippen LogP contribution in [0.5, 0.6) is 0 Å². The smallest absolute Gasteiger partial charge is 0.221 e. The number of benzene rings is 3. The summed E-state index contributed by atoms with van der Waals surface area (Å²) in [6, 6.07) is 21.7. The summed E-state index contributed by atoms with van der Waals surface area (Å²) < 4.78 is 28.9. The van der Waals surface area contributed by atoms with Crippen LogP contribution in [0.4, 0.5) is 8.78 Å². The van der Waals surface area contributed by atoms with E-state index in [1.807, 2.05) is 30.3 Å². The molecule has 3 aromatic carbocycles. The molecular weight excluding hydrogens is 420 g/mol. The zero-order valence-corrected chi connectivity index (χ0v) is 17.4. The van der Waals surface area contributed by atoms with Crippen LogP contribution in [0.1, 0.15) is 39.0 Å². The summed E-state index contributed by atoms with van der Waals surface area (Å²) in [6.07, 6.45) is 3.64. The van der Waals surface area contributed by atoms with Crippen LogP contribution >= 0.6 is 0 Å². The summed E-state index contributed by atoms with van der Waals surface area (Å²) >= 11 is 0. The molecule has 6 heteroatoms. The molecule has 1 fully saturated rings. The number of nitriles is 2. The molecule has 4 nitrogen and oxygen atoms in total. The van der Waals surface area contributed by atoms with Gasteiger partial charge in [-0.05, 0) is 17.7 Å². The molecular formula is C27H18F2N3O+. The van der Waals surface area contributed by atoms with Crippen molar-refractivity contribution in [2.24, 2.45) is 5.41 Å². The van der Waals surface area contributed by atoms with Crippen molar-refractivity contribution in [2.75, 3.05) is 0 Å². The molecule has 2 heterocycles. The molecule has 0 saturated carbocycles. The quantitative estimate of drug-likeness (QED) is 0.630. The van der Waals surface area contributed by atoms with Crippen molar-refractivity contribution in [1.29, 1.82) is 10.5 Å². The lowest BCUT2D eigenvalue weighted by atomic mass is 9.67. The van der Waals surface area contributed by atoms with E-state index in [2.05, 4.69) is 12.1 Å². The van der Waals surface area contributed by atoms with E-state index in [0.717, 1.165) is 23.3 Å². The van der Waals surface area contributed by atoms with Crippen molar-refractivity contribution in [2.45, 2.75) is 18.0 Å². The third kappa shape index (κ3) is 3.00. The van der Waals surface area contributed by atoms with Crippen LogP contribution in [0, 0.1) is 39.7 Å². The number of hydrogen-bond acceptors (Lipinski definition) is 3. The van der Waals surface area contributed by atoms with Crippen LogP contribution in [-0.2, 0) is 0 Å². The minimum absolute atomic E-state index is 0.0124. The van der Waals surface area contributed by atoms with E-state index >= 15 is 4.39 Å². The summed E-state index contributed by atoms with van der Waals surface area (Å²) in [4.78, 5) is 14.4. The normalized spacial score (nSPS) is 24.2. The van der Waals surface area contributed by atoms with Gasteiger partial charge in [-0.25, -0.2) is 8.78 Å². The molecule has 1 saturated heterocycles. The highest BCUT2D eigenvalue weighted by atomic mass is 19.1. The van der Waals surface area contributed by atoms with Gasteiger partial charge in [0.15, 0.2) is 12.1 Å². The second-order valence-electron chi connectivity index (χ2n) is 8.34. The van der Waals surface area contributed by atoms with E-state index in [0.29, 0.717) is 10.5 Å². The molecule has 160 valence electrons. The van der Waals surface area contributed by atoms with Gasteiger partial charge in [-0.3, -0.25) is 9.69 Å². The van der Waals surface area contributed by atoms with Gasteiger partial charge in [0, 0.05) is 22.8 Å². The Morgan fingerprint density at radius 2 is 1.61 bits per heavy atom. The Balaban J connectivity index is 1.80. The van der Waals surface area contributed by atoms with E-state index in [4.69, 9.17) is 0 Å². The zero-order valence-electron chi connectivity index (χ0n) is 17.4. The lowest BCUT2D eigenvalue weighted by Gasteiger charge is -2.29. The highest BCUT2D eigenvalue weighted by Crippen LogP contribution is 2.52. The summed E-state index contributed by atoms with van der Waals surface area (Å²) in [5.41, 5.74) is 0.215. The van der Waals surface area contributed by atoms with Crippen molar-refractivity contribution < 1.29 is 18.5 Å². The molecule has 0 bridgehead atoms. The van der Waals surface area contributed by atoms with Gasteiger partial charge in [-0.15, -0.1) is 0 Å². The van der Waals surface area contributed by atoms with Gasteiger partial charge >= 0.3 is 0 Å². The van der Waals surface area contributed by atoms with E-state index in [-0.39, 0.29) is 11.3 Å². The fraction of sp³-hybridized carbons (Fsp3) is 0.148. The number of halogens is 2. The predicted octanol–water partition coefficient (Wildman–Crippen LogP) is 3.96. The molecule has 0 amide bonds. The lowest BCUT2D eigenvalue weighted by molar-refractivity contribution is -0.885. The maximum Gasteiger partial charge on any atom is 0.221 e. The first-order valence-corrected chi connectivity index (χ1v) is 10.5. The molecule has 2 aliphatic heterocycles. The Kier molecular flexibility index (Phi) is 4.89. The van der Waals surface area contributed by atoms with Crippen LogP contribution in [0.2, 0.25) is 0 Å². The fourth-order valence-electron chi connectivity index (χ4n) is 5.37. The van der Waals surface area contributed by atoms with Gasteiger partial charge in [0.05, 0.1) is 24.3 Å². The number of nitrogens with zero attached hydrogens (tertiary/aromatic N) is 2. The molecule has 3 aromatic rings. The number of carbonyl (C=O) groups is 1. The number of rotatable bonds is 3. The molecule has 4 atom stereocenters. The second kappa shape index (κ2) is 7.78. The van der Waals surface area contributed by atoms with Crippen LogP contribution in [-0.4, -0.2) is 11.8 Å². The van der Waals surface area contributed by atoms with E-state index in [1.165, 1.54) is 6.07 Å². The number of Topliss-reactive ketones (excluding diaryl/α,β-unsaturated/α-hetero) is 1. The number of nitrogens with one attached hydrogen (secondary N) is 1. The molecule has 0 aromatic heterocycles. The number of ketones is 1. The molecule has 2 aliphatic rings. The molecule has 0 aliphatic carbocycles. The van der Waals surface area contributed by atoms with E-state index in [1.54, 1.807) is 36.5 Å². The second-order valence-corrected chi connectivity index (χ2v) is 8.34. The highest BCUT2D eigenvalue weighted by molar-refractivity contribution is 6.00. The number of quaternary nitrogens is 1. The third-order valence-corrected chi connectivity index (χ3v) is 6.74. The summed E-state index contributed by atoms with van der Waals surface area (Å²) in [6.45, 7) is 0. The van der Waals surface area contributed by atoms with Crippen molar-refractivity contribution >= 4 is 11.9 Å². The number of fused-ring (bicyclic) bond motifs is 3. The van der Waals surface area contributed by atoms with Gasteiger partial charge < -0.3 is 0 Å². The van der Waals surface area contributed by atoms with Gasteiger partial charge in [0.25, 0.3) is 0 Å². The molecule has 0 spiro atoms. The minimum atomic E-state index is -1.76. The molecule has 1 unspecified atom stereocenters. The minimum Gasteiger partial charge on any atom is -0.291 e. The summed E-state index contributed by atoms with van der Waals surface area (Å²) in [5, 5.41) is 20.8. The van der Waals surface area contributed by atoms with Crippen molar-refractivity contribution in [3.63, 3.8) is 0 Å². The average molecular weight is 438 g/mol. The maximum absolute atomic E-state index is 15.1. The number of hydrogen-bond donors (Lipinski definition) is 1. The highest BCUT2D eigenvalue weighted by Gasteiger charge is 2.68. The Hall–Kier alpha value is -4.13. The third-order valence-electron chi connectivity index (χ3n) is 6.74. The van der Waals surface area contributed by atoms with E-state index < -0.39 is 35.1 Å². The Labute approximate surface area is 189 Å². The Morgan fingerprint density at radius 1 is 0.909 bits per heavy atom. The predicted molar refractivity (Wildman–Crippen MR) is 116 cm³/mol. The Morgan fingerprint density at radius 3 is 2.30 bits per heavy atom. The van der Waals surface area contributed by atoms with Crippen molar-refractivity contribution in [3.05, 3.63) is 113 Å². The first-order chi connectivity index (χ1) is 16.0. The van der Waals surface area contributed by atoms with Crippen molar-refractivity contribution in [1.82, 2.24) is 0 Å². The first-order valence-electron chi connectivity index (χ1n) is 10.5. The molecule has 0 radical (unpaired) electrons. The molecule has 5 rings (SSSR count). The zero-order chi connectivity index (χ0) is 23.2. The monoisotopic (exact) mass is 438 g/mol. The van der Waals surface area contributed by atoms with Gasteiger partial charge in [0.2, 0.25) is 11.2 Å². The standard InChI is InChI=1S/C27H17F2N3O/c28-19-10-11-21(22(29)14-19)23-24(25(33)18-7-2-1-3-8-18)32-13-12-17-6-4-5-9-20(17)26(32)27(23,15-30)16-31/h1-14,23-24,26H/p+1/t23-,24+,26-/m0/s1. The average Bonchev–Trinajstić information content (AvgIpc) is 3.15. The first kappa shape index (κ1) is 20.8. The maximum atomic E-state index is 15.1. The Bertz CT molecular complexity index is 1360. The SMILES string of the molecule is N#CC1(C#N)[C@@H]2c3ccccc3C=C[NH+]2[C@@H](C(=O)c2ccccc2)[C@@H]1c1ccc(F)cc1F. The van der Waals surface area contributed by atoms with E-state index in [9.17, 15) is 19.7 Å². The van der Waals surface area contributed by atoms with Crippen LogP contribution in [0.15, 0.2) is 79.0 Å². The van der Waals surface area contributed by atoms with Gasteiger partial charge in [-0.1, -0.05) is 60.7 Å². The summed E-state index contributed by atoms with van der Waals surface area (Å²) in [5.74, 6) is -3.07. The van der Waals surface area contributed by atoms with Gasteiger partial charge in [0.1, 0.15) is 11.6 Å². The van der Waals surface area contributed by atoms with Crippen LogP contribution in [0.25, 0.3) is 6.08 Å². The fourth-order valence-corrected chi connectivity index (χ4v) is 5.37. The summed E-state index contributed by atoms with van der Waals surface area (Å²) in [7, 11) is 0. The molecule has 1 N–H and O–H groups in total. The van der Waals surface area contributed by atoms with Crippen LogP contribution < -0.4 is 4.90 Å².